The first-order chi connectivity index (χ1) is 9.46. The molecule has 1 aliphatic heterocycles. The molecule has 2 amide bonds. The normalized spacial score (nSPS) is 30.1. The van der Waals surface area contributed by atoms with Crippen LogP contribution in [0.1, 0.15) is 33.1 Å². The van der Waals surface area contributed by atoms with Gasteiger partial charge in [0.2, 0.25) is 11.8 Å². The molecule has 0 radical (unpaired) electrons. The molecule has 1 fully saturated rings. The summed E-state index contributed by atoms with van der Waals surface area (Å²) in [6.45, 7) is 3.20. The molecule has 1 rings (SSSR count). The van der Waals surface area contributed by atoms with E-state index in [1.54, 1.807) is 6.92 Å². The molecule has 1 saturated heterocycles. The smallest absolute Gasteiger partial charge is 0.223 e. The van der Waals surface area contributed by atoms with E-state index < -0.39 is 30.9 Å². The van der Waals surface area contributed by atoms with Crippen LogP contribution in [0.3, 0.4) is 0 Å². The molecule has 7 nitrogen and oxygen atoms in total. The van der Waals surface area contributed by atoms with Crippen LogP contribution in [0, 0.1) is 0 Å². The Balaban J connectivity index is 2.86. The minimum atomic E-state index is -1.28. The maximum absolute atomic E-state index is 12.0. The quantitative estimate of drug-likeness (QED) is 0.498. The van der Waals surface area contributed by atoms with E-state index in [9.17, 15) is 24.9 Å². The van der Waals surface area contributed by atoms with Gasteiger partial charge in [-0.2, -0.15) is 0 Å². The lowest BCUT2D eigenvalue weighted by molar-refractivity contribution is -0.153. The SMILES string of the molecule is CCCC(=O)N1C[C@H](NC(=O)CC)[C@@H](O)[C@H](O)[C@H]1CO. The second-order valence-electron chi connectivity index (χ2n) is 5.05. The van der Waals surface area contributed by atoms with Crippen molar-refractivity contribution in [3.63, 3.8) is 0 Å². The molecule has 20 heavy (non-hydrogen) atoms. The lowest BCUT2D eigenvalue weighted by Gasteiger charge is -2.45. The van der Waals surface area contributed by atoms with Gasteiger partial charge < -0.3 is 25.5 Å². The largest absolute Gasteiger partial charge is 0.394 e. The number of nitrogens with one attached hydrogen (secondary N) is 1. The molecule has 4 N–H and O–H groups in total. The minimum absolute atomic E-state index is 0.0913. The van der Waals surface area contributed by atoms with Crippen molar-refractivity contribution >= 4 is 11.8 Å². The number of amides is 2. The maximum atomic E-state index is 12.0. The molecule has 0 unspecified atom stereocenters. The van der Waals surface area contributed by atoms with E-state index in [0.29, 0.717) is 12.8 Å². The van der Waals surface area contributed by atoms with Gasteiger partial charge in [-0.05, 0) is 6.42 Å². The van der Waals surface area contributed by atoms with Crippen LogP contribution < -0.4 is 5.32 Å². The van der Waals surface area contributed by atoms with E-state index in [1.165, 1.54) is 4.90 Å². The summed E-state index contributed by atoms with van der Waals surface area (Å²) in [6.07, 6.45) is -1.28. The topological polar surface area (TPSA) is 110 Å². The molecule has 7 heteroatoms. The van der Waals surface area contributed by atoms with Gasteiger partial charge in [0.25, 0.3) is 0 Å². The lowest BCUT2D eigenvalue weighted by Crippen LogP contribution is -2.67. The van der Waals surface area contributed by atoms with Gasteiger partial charge in [-0.3, -0.25) is 9.59 Å². The van der Waals surface area contributed by atoms with Gasteiger partial charge in [-0.25, -0.2) is 0 Å². The Hall–Kier alpha value is -1.18. The molecule has 1 aliphatic rings. The van der Waals surface area contributed by atoms with E-state index in [4.69, 9.17) is 0 Å². The van der Waals surface area contributed by atoms with E-state index in [-0.39, 0.29) is 24.8 Å². The molecular weight excluding hydrogens is 264 g/mol. The Morgan fingerprint density at radius 2 is 1.90 bits per heavy atom. The Bertz CT molecular complexity index is 350. The van der Waals surface area contributed by atoms with E-state index in [0.717, 1.165) is 0 Å². The summed E-state index contributed by atoms with van der Waals surface area (Å²) < 4.78 is 0. The van der Waals surface area contributed by atoms with Crippen molar-refractivity contribution in [2.24, 2.45) is 0 Å². The van der Waals surface area contributed by atoms with Crippen LogP contribution in [0.4, 0.5) is 0 Å². The van der Waals surface area contributed by atoms with Crippen LogP contribution in [0.15, 0.2) is 0 Å². The molecule has 116 valence electrons. The third kappa shape index (κ3) is 3.68. The second-order valence-corrected chi connectivity index (χ2v) is 5.05. The van der Waals surface area contributed by atoms with E-state index in [2.05, 4.69) is 5.32 Å². The molecule has 1 heterocycles. The molecule has 0 aromatic heterocycles. The van der Waals surface area contributed by atoms with E-state index in [1.807, 2.05) is 6.92 Å². The number of nitrogens with zero attached hydrogens (tertiary/aromatic N) is 1. The number of carbonyl (C=O) groups excluding carboxylic acids is 2. The first-order valence-corrected chi connectivity index (χ1v) is 7.02. The van der Waals surface area contributed by atoms with Gasteiger partial charge in [0.15, 0.2) is 0 Å². The number of hydrogen-bond acceptors (Lipinski definition) is 5. The van der Waals surface area contributed by atoms with Crippen LogP contribution in [0.25, 0.3) is 0 Å². The predicted octanol–water partition coefficient (Wildman–Crippen LogP) is -1.39. The number of likely N-dealkylation sites (tertiary alicyclic amines) is 1. The summed E-state index contributed by atoms with van der Waals surface area (Å²) in [7, 11) is 0. The average molecular weight is 288 g/mol. The van der Waals surface area contributed by atoms with Crippen LogP contribution in [0.5, 0.6) is 0 Å². The van der Waals surface area contributed by atoms with Crippen molar-refractivity contribution in [3.8, 4) is 0 Å². The molecule has 0 aromatic rings. The van der Waals surface area contributed by atoms with Gasteiger partial charge in [0, 0.05) is 19.4 Å². The first kappa shape index (κ1) is 16.9. The highest BCUT2D eigenvalue weighted by Crippen LogP contribution is 2.20. The molecule has 0 spiro atoms. The molecule has 0 bridgehead atoms. The van der Waals surface area contributed by atoms with Gasteiger partial charge >= 0.3 is 0 Å². The van der Waals surface area contributed by atoms with Gasteiger partial charge in [0.1, 0.15) is 12.2 Å². The van der Waals surface area contributed by atoms with Gasteiger partial charge in [-0.1, -0.05) is 13.8 Å². The van der Waals surface area contributed by atoms with Crippen LogP contribution in [-0.2, 0) is 9.59 Å². The van der Waals surface area contributed by atoms with Crippen LogP contribution >= 0.6 is 0 Å². The fraction of sp³-hybridized carbons (Fsp3) is 0.846. The number of hydrogen-bond donors (Lipinski definition) is 4. The van der Waals surface area contributed by atoms with E-state index >= 15 is 0 Å². The number of aliphatic hydroxyl groups is 3. The van der Waals surface area contributed by atoms with Crippen molar-refractivity contribution in [1.29, 1.82) is 0 Å². The minimum Gasteiger partial charge on any atom is -0.394 e. The first-order valence-electron chi connectivity index (χ1n) is 7.02. The van der Waals surface area contributed by atoms with Gasteiger partial charge in [0.05, 0.1) is 18.7 Å². The Kier molecular flexibility index (Phi) is 6.38. The van der Waals surface area contributed by atoms with Crippen molar-refractivity contribution in [3.05, 3.63) is 0 Å². The highest BCUT2D eigenvalue weighted by atomic mass is 16.3. The standard InChI is InChI=1S/C13H24N2O5/c1-3-5-11(18)15-6-8(14-10(17)4-2)12(19)13(20)9(15)7-16/h8-9,12-13,16,19-20H,3-7H2,1-2H3,(H,14,17)/t8-,9+,12+,13+/m0/s1. The Morgan fingerprint density at radius 3 is 2.40 bits per heavy atom. The average Bonchev–Trinajstić information content (AvgIpc) is 2.43. The summed E-state index contributed by atoms with van der Waals surface area (Å²) in [6, 6.07) is -1.56. The molecule has 0 saturated carbocycles. The number of piperidine rings is 1. The second kappa shape index (κ2) is 7.56. The molecule has 0 aromatic carbocycles. The molecule has 4 atom stereocenters. The summed E-state index contributed by atoms with van der Waals surface area (Å²) in [5, 5.41) is 31.9. The van der Waals surface area contributed by atoms with Crippen molar-refractivity contribution < 1.29 is 24.9 Å². The summed E-state index contributed by atoms with van der Waals surface area (Å²) in [5.74, 6) is -0.458. The Morgan fingerprint density at radius 1 is 1.25 bits per heavy atom. The molecule has 0 aliphatic carbocycles. The maximum Gasteiger partial charge on any atom is 0.223 e. The summed E-state index contributed by atoms with van der Waals surface area (Å²) in [4.78, 5) is 24.8. The highest BCUT2D eigenvalue weighted by Gasteiger charge is 2.43. The lowest BCUT2D eigenvalue weighted by atomic mass is 9.92. The number of rotatable bonds is 5. The monoisotopic (exact) mass is 288 g/mol. The third-order valence-electron chi connectivity index (χ3n) is 3.59. The van der Waals surface area contributed by atoms with Crippen LogP contribution in [0.2, 0.25) is 0 Å². The zero-order chi connectivity index (χ0) is 15.3. The third-order valence-corrected chi connectivity index (χ3v) is 3.59. The predicted molar refractivity (Wildman–Crippen MR) is 71.7 cm³/mol. The van der Waals surface area contributed by atoms with Crippen LogP contribution in [-0.4, -0.2) is 69.5 Å². The Labute approximate surface area is 118 Å². The number of aliphatic hydroxyl groups excluding tert-OH is 3. The number of carbonyl (C=O) groups is 2. The zero-order valence-electron chi connectivity index (χ0n) is 12.0. The fourth-order valence-electron chi connectivity index (χ4n) is 2.40. The summed E-state index contributed by atoms with van der Waals surface area (Å²) in [5.41, 5.74) is 0. The van der Waals surface area contributed by atoms with Crippen molar-refractivity contribution in [2.75, 3.05) is 13.2 Å². The highest BCUT2D eigenvalue weighted by molar-refractivity contribution is 5.78. The van der Waals surface area contributed by atoms with Gasteiger partial charge in [-0.15, -0.1) is 0 Å². The summed E-state index contributed by atoms with van der Waals surface area (Å²) >= 11 is 0. The molecular formula is C13H24N2O5. The van der Waals surface area contributed by atoms with Crippen molar-refractivity contribution in [1.82, 2.24) is 10.2 Å². The zero-order valence-corrected chi connectivity index (χ0v) is 12.0. The van der Waals surface area contributed by atoms with Crippen molar-refractivity contribution in [2.45, 2.75) is 57.4 Å². The fourth-order valence-corrected chi connectivity index (χ4v) is 2.40.